The van der Waals surface area contributed by atoms with Gasteiger partial charge in [0.05, 0.1) is 6.20 Å². The van der Waals surface area contributed by atoms with Gasteiger partial charge in [0.2, 0.25) is 5.95 Å². The van der Waals surface area contributed by atoms with Gasteiger partial charge in [-0.1, -0.05) is 25.1 Å². The molecule has 0 amide bonds. The molecular weight excluding hydrogens is 311 g/mol. The third kappa shape index (κ3) is 3.03. The van der Waals surface area contributed by atoms with Gasteiger partial charge in [0.1, 0.15) is 11.6 Å². The van der Waals surface area contributed by atoms with Gasteiger partial charge >= 0.3 is 6.36 Å². The van der Waals surface area contributed by atoms with Crippen molar-refractivity contribution in [3.8, 4) is 5.75 Å². The molecule has 0 fully saturated rings. The molecule has 23 heavy (non-hydrogen) atoms. The van der Waals surface area contributed by atoms with Crippen LogP contribution in [0.4, 0.5) is 19.1 Å². The molecule has 2 N–H and O–H groups in total. The minimum absolute atomic E-state index is 0.107. The molecule has 1 atom stereocenters. The summed E-state index contributed by atoms with van der Waals surface area (Å²) in [4.78, 5) is 8.40. The lowest BCUT2D eigenvalue weighted by atomic mass is 9.99. The van der Waals surface area contributed by atoms with Crippen LogP contribution in [0.1, 0.15) is 24.2 Å². The van der Waals surface area contributed by atoms with Gasteiger partial charge in [-0.05, 0) is 6.07 Å². The van der Waals surface area contributed by atoms with E-state index in [9.17, 15) is 13.2 Å². The first-order valence-electron chi connectivity index (χ1n) is 6.67. The average Bonchev–Trinajstić information content (AvgIpc) is 2.94. The maximum Gasteiger partial charge on any atom is 0.573 e. The van der Waals surface area contributed by atoms with Crippen molar-refractivity contribution in [3.63, 3.8) is 0 Å². The van der Waals surface area contributed by atoms with E-state index in [1.165, 1.54) is 28.9 Å². The molecule has 0 spiro atoms. The highest BCUT2D eigenvalue weighted by Crippen LogP contribution is 2.33. The number of hydrogen-bond acceptors (Lipinski definition) is 5. The zero-order valence-electron chi connectivity index (χ0n) is 11.9. The van der Waals surface area contributed by atoms with Crippen molar-refractivity contribution in [3.05, 3.63) is 47.9 Å². The van der Waals surface area contributed by atoms with Crippen LogP contribution in [0.2, 0.25) is 0 Å². The Morgan fingerprint density at radius 3 is 2.65 bits per heavy atom. The number of rotatable bonds is 3. The van der Waals surface area contributed by atoms with Crippen molar-refractivity contribution in [1.29, 1.82) is 0 Å². The number of nitrogen functional groups attached to an aromatic ring is 1. The second-order valence-corrected chi connectivity index (χ2v) is 4.85. The van der Waals surface area contributed by atoms with Crippen molar-refractivity contribution in [1.82, 2.24) is 19.6 Å². The Morgan fingerprint density at radius 2 is 1.91 bits per heavy atom. The van der Waals surface area contributed by atoms with Gasteiger partial charge in [-0.2, -0.15) is 14.6 Å². The molecule has 0 unspecified atom stereocenters. The maximum absolute atomic E-state index is 12.5. The molecule has 3 aromatic rings. The Bertz CT molecular complexity index is 846. The number of nitrogens with zero attached hydrogens (tertiary/aromatic N) is 4. The van der Waals surface area contributed by atoms with Gasteiger partial charge in [0.25, 0.3) is 0 Å². The van der Waals surface area contributed by atoms with Crippen LogP contribution < -0.4 is 10.5 Å². The predicted molar refractivity (Wildman–Crippen MR) is 75.8 cm³/mol. The van der Waals surface area contributed by atoms with Gasteiger partial charge in [0.15, 0.2) is 5.65 Å². The third-order valence-electron chi connectivity index (χ3n) is 3.30. The number of halogens is 3. The molecule has 1 aromatic carbocycles. The quantitative estimate of drug-likeness (QED) is 0.802. The predicted octanol–water partition coefficient (Wildman–Crippen LogP) is 2.76. The number of para-hydroxylation sites is 1. The van der Waals surface area contributed by atoms with E-state index >= 15 is 0 Å². The highest BCUT2D eigenvalue weighted by atomic mass is 19.4. The fourth-order valence-corrected chi connectivity index (χ4v) is 2.25. The molecule has 6 nitrogen and oxygen atoms in total. The molecule has 0 bridgehead atoms. The molecule has 0 saturated heterocycles. The third-order valence-corrected chi connectivity index (χ3v) is 3.30. The van der Waals surface area contributed by atoms with Crippen LogP contribution in [0.25, 0.3) is 5.65 Å². The number of aromatic nitrogens is 4. The summed E-state index contributed by atoms with van der Waals surface area (Å²) in [6.45, 7) is 1.68. The van der Waals surface area contributed by atoms with Crippen LogP contribution >= 0.6 is 0 Å². The number of ether oxygens (including phenoxy) is 1. The second-order valence-electron chi connectivity index (χ2n) is 4.85. The first kappa shape index (κ1) is 15.1. The highest BCUT2D eigenvalue weighted by molar-refractivity contribution is 5.45. The molecule has 0 radical (unpaired) electrons. The molecule has 120 valence electrons. The molecule has 2 heterocycles. The minimum Gasteiger partial charge on any atom is -0.405 e. The fraction of sp³-hybridized carbons (Fsp3) is 0.214. The largest absolute Gasteiger partial charge is 0.573 e. The van der Waals surface area contributed by atoms with E-state index in [0.717, 1.165) is 0 Å². The van der Waals surface area contributed by atoms with Gasteiger partial charge in [-0.3, -0.25) is 0 Å². The summed E-state index contributed by atoms with van der Waals surface area (Å²) in [7, 11) is 0. The molecule has 0 aliphatic carbocycles. The first-order chi connectivity index (χ1) is 10.8. The van der Waals surface area contributed by atoms with E-state index < -0.39 is 12.3 Å². The molecular formula is C14H12F3N5O. The van der Waals surface area contributed by atoms with Crippen molar-refractivity contribution >= 4 is 11.6 Å². The van der Waals surface area contributed by atoms with Crippen LogP contribution in [-0.2, 0) is 0 Å². The van der Waals surface area contributed by atoms with Crippen LogP contribution in [0, 0.1) is 0 Å². The van der Waals surface area contributed by atoms with Crippen molar-refractivity contribution in [2.75, 3.05) is 5.73 Å². The SMILES string of the molecule is C[C@H](c1nc(N)n2nccc2n1)c1ccccc1OC(F)(F)F. The summed E-state index contributed by atoms with van der Waals surface area (Å²) in [5.41, 5.74) is 6.57. The number of alkyl halides is 3. The smallest absolute Gasteiger partial charge is 0.405 e. The number of fused-ring (bicyclic) bond motifs is 1. The van der Waals surface area contributed by atoms with Gasteiger partial charge in [0, 0.05) is 17.5 Å². The van der Waals surface area contributed by atoms with E-state index in [4.69, 9.17) is 5.73 Å². The van der Waals surface area contributed by atoms with Crippen LogP contribution in [-0.4, -0.2) is 25.9 Å². The monoisotopic (exact) mass is 323 g/mol. The summed E-state index contributed by atoms with van der Waals surface area (Å²) in [6, 6.07) is 7.50. The standard InChI is InChI=1S/C14H12F3N5O/c1-8(9-4-2-3-5-10(9)23-14(15,16)17)12-20-11-6-7-19-22(11)13(18)21-12/h2-8H,1H3,(H2,18,20,21)/t8-/m0/s1. The van der Waals surface area contributed by atoms with E-state index in [2.05, 4.69) is 19.8 Å². The summed E-state index contributed by atoms with van der Waals surface area (Å²) in [6.07, 6.45) is -3.26. The summed E-state index contributed by atoms with van der Waals surface area (Å²) >= 11 is 0. The fourth-order valence-electron chi connectivity index (χ4n) is 2.25. The Hall–Kier alpha value is -2.84. The van der Waals surface area contributed by atoms with E-state index in [1.807, 2.05) is 0 Å². The van der Waals surface area contributed by atoms with Gasteiger partial charge < -0.3 is 10.5 Å². The minimum atomic E-state index is -4.77. The topological polar surface area (TPSA) is 78.3 Å². The lowest BCUT2D eigenvalue weighted by Gasteiger charge is -2.17. The van der Waals surface area contributed by atoms with E-state index in [0.29, 0.717) is 11.2 Å². The molecule has 0 saturated carbocycles. The van der Waals surface area contributed by atoms with E-state index in [1.54, 1.807) is 19.1 Å². The average molecular weight is 323 g/mol. The van der Waals surface area contributed by atoms with Crippen LogP contribution in [0.15, 0.2) is 36.5 Å². The maximum atomic E-state index is 12.5. The Morgan fingerprint density at radius 1 is 1.17 bits per heavy atom. The van der Waals surface area contributed by atoms with Gasteiger partial charge in [-0.25, -0.2) is 4.98 Å². The lowest BCUT2D eigenvalue weighted by molar-refractivity contribution is -0.274. The van der Waals surface area contributed by atoms with Crippen molar-refractivity contribution in [2.45, 2.75) is 19.2 Å². The Balaban J connectivity index is 2.03. The number of nitrogens with two attached hydrogens (primary N) is 1. The van der Waals surface area contributed by atoms with Crippen LogP contribution in [0.3, 0.4) is 0 Å². The molecule has 3 rings (SSSR count). The number of hydrogen-bond donors (Lipinski definition) is 1. The van der Waals surface area contributed by atoms with Crippen molar-refractivity contribution in [2.24, 2.45) is 0 Å². The zero-order chi connectivity index (χ0) is 16.6. The highest BCUT2D eigenvalue weighted by Gasteiger charge is 2.33. The molecule has 2 aromatic heterocycles. The molecule has 0 aliphatic rings. The molecule has 9 heteroatoms. The zero-order valence-corrected chi connectivity index (χ0v) is 11.9. The number of benzene rings is 1. The summed E-state index contributed by atoms with van der Waals surface area (Å²) < 4.78 is 43.0. The Kier molecular flexibility index (Phi) is 3.55. The van der Waals surface area contributed by atoms with Crippen LogP contribution in [0.5, 0.6) is 5.75 Å². The Labute approximate surface area is 128 Å². The summed E-state index contributed by atoms with van der Waals surface area (Å²) in [5, 5.41) is 3.95. The normalized spacial score (nSPS) is 13.2. The first-order valence-corrected chi connectivity index (χ1v) is 6.67. The van der Waals surface area contributed by atoms with Gasteiger partial charge in [-0.15, -0.1) is 13.2 Å². The molecule has 0 aliphatic heterocycles. The second kappa shape index (κ2) is 5.41. The van der Waals surface area contributed by atoms with E-state index in [-0.39, 0.29) is 17.5 Å². The lowest BCUT2D eigenvalue weighted by Crippen LogP contribution is -2.19. The summed E-state index contributed by atoms with van der Waals surface area (Å²) in [5.74, 6) is -0.441. The van der Waals surface area contributed by atoms with Crippen molar-refractivity contribution < 1.29 is 17.9 Å². The number of anilines is 1.